The summed E-state index contributed by atoms with van der Waals surface area (Å²) in [6.45, 7) is 0. The summed E-state index contributed by atoms with van der Waals surface area (Å²) in [5.41, 5.74) is 1.56. The summed E-state index contributed by atoms with van der Waals surface area (Å²) < 4.78 is 0. The SMILES string of the molecule is CSc1cccc(CC(=O)c2ccccn2)c1. The normalized spacial score (nSPS) is 10.2. The maximum absolute atomic E-state index is 11.9. The van der Waals surface area contributed by atoms with Crippen LogP contribution in [-0.4, -0.2) is 17.0 Å². The van der Waals surface area contributed by atoms with E-state index < -0.39 is 0 Å². The highest BCUT2D eigenvalue weighted by Gasteiger charge is 2.07. The minimum absolute atomic E-state index is 0.0591. The highest BCUT2D eigenvalue weighted by molar-refractivity contribution is 7.98. The van der Waals surface area contributed by atoms with Crippen LogP contribution in [0.25, 0.3) is 0 Å². The fourth-order valence-electron chi connectivity index (χ4n) is 1.59. The number of hydrogen-bond donors (Lipinski definition) is 0. The summed E-state index contributed by atoms with van der Waals surface area (Å²) in [4.78, 5) is 17.2. The minimum Gasteiger partial charge on any atom is -0.292 e. The van der Waals surface area contributed by atoms with E-state index in [4.69, 9.17) is 0 Å². The number of rotatable bonds is 4. The standard InChI is InChI=1S/C14H13NOS/c1-17-12-6-4-5-11(9-12)10-14(16)13-7-2-3-8-15-13/h2-9H,10H2,1H3. The third kappa shape index (κ3) is 3.17. The number of nitrogens with zero attached hydrogens (tertiary/aromatic N) is 1. The van der Waals surface area contributed by atoms with Gasteiger partial charge in [0.15, 0.2) is 5.78 Å². The van der Waals surface area contributed by atoms with Crippen molar-refractivity contribution in [2.45, 2.75) is 11.3 Å². The number of benzene rings is 1. The lowest BCUT2D eigenvalue weighted by Crippen LogP contribution is -2.05. The monoisotopic (exact) mass is 243 g/mol. The lowest BCUT2D eigenvalue weighted by molar-refractivity contribution is 0.0988. The highest BCUT2D eigenvalue weighted by atomic mass is 32.2. The summed E-state index contributed by atoms with van der Waals surface area (Å²) in [7, 11) is 0. The van der Waals surface area contributed by atoms with Crippen LogP contribution in [0.1, 0.15) is 16.1 Å². The van der Waals surface area contributed by atoms with Crippen LogP contribution >= 0.6 is 11.8 Å². The second-order valence-electron chi connectivity index (χ2n) is 3.67. The summed E-state index contributed by atoms with van der Waals surface area (Å²) in [6, 6.07) is 13.4. The Kier molecular flexibility index (Phi) is 3.94. The summed E-state index contributed by atoms with van der Waals surface area (Å²) >= 11 is 1.68. The second-order valence-corrected chi connectivity index (χ2v) is 4.55. The number of carbonyl (C=O) groups is 1. The second kappa shape index (κ2) is 5.64. The van der Waals surface area contributed by atoms with Crippen LogP contribution < -0.4 is 0 Å². The van der Waals surface area contributed by atoms with Gasteiger partial charge in [0, 0.05) is 17.5 Å². The average Bonchev–Trinajstić information content (AvgIpc) is 2.40. The first-order valence-electron chi connectivity index (χ1n) is 5.37. The number of carbonyl (C=O) groups excluding carboxylic acids is 1. The zero-order valence-corrected chi connectivity index (χ0v) is 10.4. The molecule has 0 spiro atoms. The molecule has 0 aliphatic carbocycles. The molecule has 86 valence electrons. The van der Waals surface area contributed by atoms with E-state index in [-0.39, 0.29) is 5.78 Å². The van der Waals surface area contributed by atoms with Gasteiger partial charge >= 0.3 is 0 Å². The number of hydrogen-bond acceptors (Lipinski definition) is 3. The summed E-state index contributed by atoms with van der Waals surface area (Å²) in [5.74, 6) is 0.0591. The predicted molar refractivity (Wildman–Crippen MR) is 70.5 cm³/mol. The van der Waals surface area contributed by atoms with Gasteiger partial charge in [-0.05, 0) is 36.1 Å². The third-order valence-corrected chi connectivity index (χ3v) is 3.17. The first-order chi connectivity index (χ1) is 8.29. The van der Waals surface area contributed by atoms with Gasteiger partial charge in [0.2, 0.25) is 0 Å². The van der Waals surface area contributed by atoms with Gasteiger partial charge in [-0.2, -0.15) is 0 Å². The van der Waals surface area contributed by atoms with Crippen molar-refractivity contribution in [3.05, 3.63) is 59.9 Å². The molecule has 2 nitrogen and oxygen atoms in total. The van der Waals surface area contributed by atoms with Crippen molar-refractivity contribution in [3.8, 4) is 0 Å². The largest absolute Gasteiger partial charge is 0.292 e. The van der Waals surface area contributed by atoms with Gasteiger partial charge in [0.05, 0.1) is 0 Å². The first-order valence-corrected chi connectivity index (χ1v) is 6.59. The Morgan fingerprint density at radius 1 is 1.24 bits per heavy atom. The number of ketones is 1. The lowest BCUT2D eigenvalue weighted by Gasteiger charge is -2.02. The minimum atomic E-state index is 0.0591. The van der Waals surface area contributed by atoms with Crippen LogP contribution in [-0.2, 0) is 6.42 Å². The number of Topliss-reactive ketones (excluding diaryl/α,β-unsaturated/α-hetero) is 1. The fourth-order valence-corrected chi connectivity index (χ4v) is 2.07. The lowest BCUT2D eigenvalue weighted by atomic mass is 10.1. The molecule has 0 fully saturated rings. The van der Waals surface area contributed by atoms with Crippen molar-refractivity contribution >= 4 is 17.5 Å². The Balaban J connectivity index is 2.13. The Morgan fingerprint density at radius 3 is 2.82 bits per heavy atom. The molecule has 1 aromatic carbocycles. The van der Waals surface area contributed by atoms with Crippen LogP contribution in [0.5, 0.6) is 0 Å². The number of aromatic nitrogens is 1. The molecule has 0 aliphatic rings. The van der Waals surface area contributed by atoms with Gasteiger partial charge in [-0.25, -0.2) is 0 Å². The van der Waals surface area contributed by atoms with E-state index in [2.05, 4.69) is 4.98 Å². The van der Waals surface area contributed by atoms with Gasteiger partial charge in [-0.1, -0.05) is 18.2 Å². The van der Waals surface area contributed by atoms with Gasteiger partial charge in [0.25, 0.3) is 0 Å². The first kappa shape index (κ1) is 11.9. The van der Waals surface area contributed by atoms with E-state index in [1.54, 1.807) is 24.0 Å². The van der Waals surface area contributed by atoms with Crippen LogP contribution in [0.2, 0.25) is 0 Å². The van der Waals surface area contributed by atoms with Crippen LogP contribution in [0, 0.1) is 0 Å². The Hall–Kier alpha value is -1.61. The molecule has 0 radical (unpaired) electrons. The molecular weight excluding hydrogens is 230 g/mol. The molecule has 0 bridgehead atoms. The smallest absolute Gasteiger partial charge is 0.185 e. The molecule has 2 rings (SSSR count). The molecule has 1 heterocycles. The van der Waals surface area contributed by atoms with E-state index in [1.165, 1.54) is 4.90 Å². The van der Waals surface area contributed by atoms with E-state index in [0.29, 0.717) is 12.1 Å². The van der Waals surface area contributed by atoms with Crippen molar-refractivity contribution in [1.82, 2.24) is 4.98 Å². The molecule has 3 heteroatoms. The van der Waals surface area contributed by atoms with Crippen molar-refractivity contribution < 1.29 is 4.79 Å². The highest BCUT2D eigenvalue weighted by Crippen LogP contribution is 2.16. The third-order valence-electron chi connectivity index (χ3n) is 2.45. The van der Waals surface area contributed by atoms with E-state index in [0.717, 1.165) is 5.56 Å². The van der Waals surface area contributed by atoms with Gasteiger partial charge < -0.3 is 0 Å². The molecule has 1 aromatic heterocycles. The van der Waals surface area contributed by atoms with Crippen molar-refractivity contribution in [3.63, 3.8) is 0 Å². The van der Waals surface area contributed by atoms with Crippen molar-refractivity contribution in [2.75, 3.05) is 6.26 Å². The number of thioether (sulfide) groups is 1. The van der Waals surface area contributed by atoms with Crippen LogP contribution in [0.3, 0.4) is 0 Å². The predicted octanol–water partition coefficient (Wildman–Crippen LogP) is 3.23. The molecule has 0 N–H and O–H groups in total. The Morgan fingerprint density at radius 2 is 2.12 bits per heavy atom. The van der Waals surface area contributed by atoms with E-state index >= 15 is 0 Å². The Bertz CT molecular complexity index is 511. The molecule has 0 saturated heterocycles. The zero-order chi connectivity index (χ0) is 12.1. The molecular formula is C14H13NOS. The molecule has 0 atom stereocenters. The molecule has 17 heavy (non-hydrogen) atoms. The summed E-state index contributed by atoms with van der Waals surface area (Å²) in [6.07, 6.45) is 4.08. The number of pyridine rings is 1. The van der Waals surface area contributed by atoms with E-state index in [9.17, 15) is 4.79 Å². The molecule has 0 aliphatic heterocycles. The van der Waals surface area contributed by atoms with Crippen molar-refractivity contribution in [1.29, 1.82) is 0 Å². The maximum Gasteiger partial charge on any atom is 0.185 e. The molecule has 0 unspecified atom stereocenters. The summed E-state index contributed by atoms with van der Waals surface area (Å²) in [5, 5.41) is 0. The fraction of sp³-hybridized carbons (Fsp3) is 0.143. The maximum atomic E-state index is 11.9. The van der Waals surface area contributed by atoms with Crippen LogP contribution in [0.15, 0.2) is 53.6 Å². The van der Waals surface area contributed by atoms with Gasteiger partial charge in [0.1, 0.15) is 5.69 Å². The quantitative estimate of drug-likeness (QED) is 0.610. The zero-order valence-electron chi connectivity index (χ0n) is 9.59. The Labute approximate surface area is 105 Å². The average molecular weight is 243 g/mol. The van der Waals surface area contributed by atoms with Gasteiger partial charge in [-0.3, -0.25) is 9.78 Å². The van der Waals surface area contributed by atoms with E-state index in [1.807, 2.05) is 42.7 Å². The van der Waals surface area contributed by atoms with Crippen molar-refractivity contribution in [2.24, 2.45) is 0 Å². The molecule has 2 aromatic rings. The molecule has 0 amide bonds. The van der Waals surface area contributed by atoms with Gasteiger partial charge in [-0.15, -0.1) is 11.8 Å². The topological polar surface area (TPSA) is 30.0 Å². The molecule has 0 saturated carbocycles. The van der Waals surface area contributed by atoms with Crippen LogP contribution in [0.4, 0.5) is 0 Å².